The maximum atomic E-state index is 12.5. The van der Waals surface area contributed by atoms with Crippen molar-refractivity contribution in [2.24, 2.45) is 0 Å². The van der Waals surface area contributed by atoms with Crippen LogP contribution in [0.5, 0.6) is 23.0 Å². The molecular weight excluding hydrogens is 881 g/mol. The normalized spacial score (nSPS) is 18.0. The Morgan fingerprint density at radius 1 is 0.515 bits per heavy atom. The topological polar surface area (TPSA) is 257 Å². The number of amides is 2. The van der Waals surface area contributed by atoms with Gasteiger partial charge in [-0.1, -0.05) is 77.3 Å². The van der Waals surface area contributed by atoms with Crippen molar-refractivity contribution in [1.29, 1.82) is 0 Å². The summed E-state index contributed by atoms with van der Waals surface area (Å²) in [5.41, 5.74) is 1.50. The Kier molecular flexibility index (Phi) is 25.2. The van der Waals surface area contributed by atoms with E-state index in [1.54, 1.807) is 0 Å². The van der Waals surface area contributed by atoms with Gasteiger partial charge in [0.2, 0.25) is 11.8 Å². The van der Waals surface area contributed by atoms with Crippen molar-refractivity contribution >= 4 is 23.8 Å². The number of carboxylic acids is 2. The van der Waals surface area contributed by atoms with Crippen LogP contribution < -0.4 is 29.6 Å². The van der Waals surface area contributed by atoms with E-state index in [2.05, 4.69) is 34.3 Å². The molecule has 18 nitrogen and oxygen atoms in total. The van der Waals surface area contributed by atoms with Crippen molar-refractivity contribution < 1.29 is 68.8 Å². The second-order valence-corrected chi connectivity index (χ2v) is 18.0. The van der Waals surface area contributed by atoms with Crippen molar-refractivity contribution in [3.63, 3.8) is 0 Å². The Hall–Kier alpha value is -4.72. The first-order valence-electron chi connectivity index (χ1n) is 24.8. The number of rotatable bonds is 25. The van der Waals surface area contributed by atoms with Crippen molar-refractivity contribution in [2.75, 3.05) is 65.7 Å². The van der Waals surface area contributed by atoms with E-state index in [9.17, 15) is 29.4 Å². The third kappa shape index (κ3) is 19.3. The van der Waals surface area contributed by atoms with Gasteiger partial charge < -0.3 is 70.0 Å². The number of hydrogen-bond acceptors (Lipinski definition) is 14. The van der Waals surface area contributed by atoms with Crippen molar-refractivity contribution in [2.45, 2.75) is 153 Å². The molecule has 0 radical (unpaired) electrons. The lowest BCUT2D eigenvalue weighted by Gasteiger charge is -2.29. The standard InChI is InChI=1S/2C23H36N2O4.C4H6O6/c2*1-2-3-4-5-6-9-22(26)24-19(17-25-12-7-8-13-25)23(27)18-10-11-20-21(16-18)29-15-14-28-20;5-1(3(7)8)2(6)4(9)10/h2*10-11,16,19,23,27H,2-9,12-15,17H2,1H3,(H,24,26);1-2,5-6H,(H,7,8)(H,9,10)/t2*19-,23-;/m11./s1. The number of unbranched alkanes of at least 4 members (excludes halogenated alkanes) is 8. The van der Waals surface area contributed by atoms with Gasteiger partial charge in [-0.05, 0) is 100 Å². The monoisotopic (exact) mass is 959 g/mol. The van der Waals surface area contributed by atoms with Gasteiger partial charge in [0, 0.05) is 25.9 Å². The molecule has 2 fully saturated rings. The van der Waals surface area contributed by atoms with Crippen LogP contribution in [-0.4, -0.2) is 154 Å². The van der Waals surface area contributed by atoms with Crippen LogP contribution in [-0.2, 0) is 19.2 Å². The number of carbonyl (C=O) groups is 4. The summed E-state index contributed by atoms with van der Waals surface area (Å²) in [7, 11) is 0. The summed E-state index contributed by atoms with van der Waals surface area (Å²) in [6, 6.07) is 10.4. The van der Waals surface area contributed by atoms with E-state index < -0.39 is 36.4 Å². The molecule has 2 unspecified atom stereocenters. The van der Waals surface area contributed by atoms with Gasteiger partial charge in [-0.15, -0.1) is 0 Å². The maximum absolute atomic E-state index is 12.5. The zero-order valence-electron chi connectivity index (χ0n) is 40.2. The highest BCUT2D eigenvalue weighted by Gasteiger charge is 2.31. The summed E-state index contributed by atoms with van der Waals surface area (Å²) in [6.07, 6.45) is 10.9. The maximum Gasteiger partial charge on any atom is 0.335 e. The van der Waals surface area contributed by atoms with Crippen LogP contribution in [0.4, 0.5) is 0 Å². The molecule has 4 heterocycles. The molecule has 2 aromatic carbocycles. The summed E-state index contributed by atoms with van der Waals surface area (Å²) in [6.45, 7) is 11.9. The minimum atomic E-state index is -2.27. The van der Waals surface area contributed by atoms with Crippen molar-refractivity contribution in [3.05, 3.63) is 47.5 Å². The molecule has 382 valence electrons. The first kappa shape index (κ1) is 55.9. The summed E-state index contributed by atoms with van der Waals surface area (Å²) in [5.74, 6) is -0.738. The van der Waals surface area contributed by atoms with Gasteiger partial charge in [0.1, 0.15) is 38.6 Å². The number of nitrogens with one attached hydrogen (secondary N) is 2. The summed E-state index contributed by atoms with van der Waals surface area (Å²) in [5, 5.41) is 60.9. The lowest BCUT2D eigenvalue weighted by atomic mass is 10.0. The van der Waals surface area contributed by atoms with Crippen LogP contribution in [0, 0.1) is 0 Å². The van der Waals surface area contributed by atoms with E-state index in [-0.39, 0.29) is 23.9 Å². The first-order chi connectivity index (χ1) is 32.8. The van der Waals surface area contributed by atoms with Crippen LogP contribution in [0.15, 0.2) is 36.4 Å². The molecule has 2 saturated heterocycles. The molecule has 4 aliphatic heterocycles. The molecule has 0 saturated carbocycles. The summed E-state index contributed by atoms with van der Waals surface area (Å²) in [4.78, 5) is 49.3. The SMILES string of the molecule is CCCCCCCC(=O)N[C@H](CN1CCCC1)[C@H](O)c1ccc2c(c1)OCCO2.CCCCCCCC(=O)N[C@H](CN1CCCC1)[C@H](O)c1ccc2c(c1)OCCO2.O=C(O)C(O)C(O)C(=O)O. The minimum Gasteiger partial charge on any atom is -0.486 e. The third-order valence-electron chi connectivity index (χ3n) is 12.4. The molecule has 6 rings (SSSR count). The second-order valence-electron chi connectivity index (χ2n) is 18.0. The van der Waals surface area contributed by atoms with Gasteiger partial charge in [0.15, 0.2) is 35.2 Å². The lowest BCUT2D eigenvalue weighted by molar-refractivity contribution is -0.165. The molecular formula is C50H78N4O14. The zero-order chi connectivity index (χ0) is 49.3. The fourth-order valence-electron chi connectivity index (χ4n) is 8.49. The van der Waals surface area contributed by atoms with Crippen LogP contribution in [0.25, 0.3) is 0 Å². The molecule has 0 aromatic heterocycles. The van der Waals surface area contributed by atoms with E-state index in [1.807, 2.05) is 36.4 Å². The molecule has 6 atom stereocenters. The number of aliphatic hydroxyl groups excluding tert-OH is 4. The Morgan fingerprint density at radius 2 is 0.853 bits per heavy atom. The number of ether oxygens (including phenoxy) is 4. The average molecular weight is 959 g/mol. The Balaban J connectivity index is 0.000000248. The van der Waals surface area contributed by atoms with E-state index in [0.717, 1.165) is 63.0 Å². The van der Waals surface area contributed by atoms with E-state index in [0.29, 0.717) is 75.4 Å². The lowest BCUT2D eigenvalue weighted by Crippen LogP contribution is -2.46. The molecule has 18 heteroatoms. The smallest absolute Gasteiger partial charge is 0.335 e. The van der Waals surface area contributed by atoms with E-state index in [4.69, 9.17) is 39.4 Å². The van der Waals surface area contributed by atoms with Crippen LogP contribution in [0.3, 0.4) is 0 Å². The van der Waals surface area contributed by atoms with Gasteiger partial charge in [0.05, 0.1) is 12.1 Å². The number of benzene rings is 2. The predicted octanol–water partition coefficient (Wildman–Crippen LogP) is 4.74. The minimum absolute atomic E-state index is 0.0299. The number of aliphatic hydroxyl groups is 4. The third-order valence-corrected chi connectivity index (χ3v) is 12.4. The largest absolute Gasteiger partial charge is 0.486 e. The molecule has 68 heavy (non-hydrogen) atoms. The first-order valence-corrected chi connectivity index (χ1v) is 24.8. The molecule has 8 N–H and O–H groups in total. The molecule has 0 aliphatic carbocycles. The van der Waals surface area contributed by atoms with E-state index in [1.165, 1.54) is 64.2 Å². The van der Waals surface area contributed by atoms with Crippen LogP contribution in [0.1, 0.15) is 140 Å². The highest BCUT2D eigenvalue weighted by atomic mass is 16.6. The number of nitrogens with zero attached hydrogens (tertiary/aromatic N) is 2. The number of fused-ring (bicyclic) bond motifs is 2. The summed E-state index contributed by atoms with van der Waals surface area (Å²) < 4.78 is 22.5. The number of likely N-dealkylation sites (tertiary alicyclic amines) is 2. The highest BCUT2D eigenvalue weighted by Crippen LogP contribution is 2.35. The van der Waals surface area contributed by atoms with Gasteiger partial charge >= 0.3 is 11.9 Å². The van der Waals surface area contributed by atoms with Crippen LogP contribution >= 0.6 is 0 Å². The fourth-order valence-corrected chi connectivity index (χ4v) is 8.49. The second kappa shape index (κ2) is 30.7. The Bertz CT molecular complexity index is 1690. The summed E-state index contributed by atoms with van der Waals surface area (Å²) >= 11 is 0. The average Bonchev–Trinajstić information content (AvgIpc) is 4.08. The quantitative estimate of drug-likeness (QED) is 0.0626. The molecule has 0 bridgehead atoms. The van der Waals surface area contributed by atoms with Crippen molar-refractivity contribution in [1.82, 2.24) is 20.4 Å². The van der Waals surface area contributed by atoms with Gasteiger partial charge in [-0.3, -0.25) is 9.59 Å². The fraction of sp³-hybridized carbons (Fsp3) is 0.680. The molecule has 0 spiro atoms. The number of aliphatic carboxylic acids is 2. The van der Waals surface area contributed by atoms with Gasteiger partial charge in [-0.2, -0.15) is 0 Å². The number of hydrogen-bond donors (Lipinski definition) is 8. The highest BCUT2D eigenvalue weighted by molar-refractivity contribution is 5.83. The van der Waals surface area contributed by atoms with Crippen LogP contribution in [0.2, 0.25) is 0 Å². The number of carboxylic acid groups (broad SMARTS) is 2. The Labute approximate surface area is 401 Å². The molecule has 2 amide bonds. The predicted molar refractivity (Wildman–Crippen MR) is 254 cm³/mol. The van der Waals surface area contributed by atoms with Gasteiger partial charge in [-0.25, -0.2) is 9.59 Å². The zero-order valence-corrected chi connectivity index (χ0v) is 40.2. The molecule has 4 aliphatic rings. The Morgan fingerprint density at radius 3 is 1.19 bits per heavy atom. The van der Waals surface area contributed by atoms with Crippen molar-refractivity contribution in [3.8, 4) is 23.0 Å². The number of carbonyl (C=O) groups excluding carboxylic acids is 2. The molecule has 2 aromatic rings. The van der Waals surface area contributed by atoms with Gasteiger partial charge in [0.25, 0.3) is 0 Å². The van der Waals surface area contributed by atoms with E-state index >= 15 is 0 Å².